The first-order valence-corrected chi connectivity index (χ1v) is 8.60. The molecule has 136 valence electrons. The molecule has 7 heteroatoms. The molecule has 1 fully saturated rings. The van der Waals surface area contributed by atoms with Crippen molar-refractivity contribution in [2.45, 2.75) is 6.92 Å². The molecule has 2 aromatic rings. The number of carbonyl (C=O) groups is 1. The third-order valence-electron chi connectivity index (χ3n) is 4.49. The van der Waals surface area contributed by atoms with E-state index in [1.807, 2.05) is 42.2 Å². The van der Waals surface area contributed by atoms with Crippen molar-refractivity contribution in [2.75, 3.05) is 42.9 Å². The molecule has 0 saturated carbocycles. The highest BCUT2D eigenvalue weighted by Crippen LogP contribution is 2.28. The van der Waals surface area contributed by atoms with Crippen LogP contribution in [0.15, 0.2) is 48.5 Å². The van der Waals surface area contributed by atoms with Gasteiger partial charge in [-0.15, -0.1) is 0 Å². The van der Waals surface area contributed by atoms with Gasteiger partial charge in [0.25, 0.3) is 5.69 Å². The van der Waals surface area contributed by atoms with E-state index in [9.17, 15) is 14.9 Å². The number of nitro benzene ring substituents is 1. The fourth-order valence-electron chi connectivity index (χ4n) is 3.07. The molecule has 26 heavy (non-hydrogen) atoms. The van der Waals surface area contributed by atoms with Gasteiger partial charge in [0.05, 0.1) is 11.5 Å². The zero-order valence-corrected chi connectivity index (χ0v) is 14.7. The number of nitrogens with one attached hydrogen (secondary N) is 1. The van der Waals surface area contributed by atoms with Gasteiger partial charge < -0.3 is 10.2 Å². The van der Waals surface area contributed by atoms with Crippen LogP contribution in [0.3, 0.4) is 0 Å². The molecule has 0 atom stereocenters. The Bertz CT molecular complexity index is 784. The van der Waals surface area contributed by atoms with Crippen molar-refractivity contribution in [1.29, 1.82) is 0 Å². The molecule has 1 aliphatic heterocycles. The Labute approximate surface area is 152 Å². The molecule has 0 aliphatic carbocycles. The van der Waals surface area contributed by atoms with Crippen LogP contribution in [-0.2, 0) is 4.79 Å². The Morgan fingerprint density at radius 3 is 2.38 bits per heavy atom. The summed E-state index contributed by atoms with van der Waals surface area (Å²) in [6.07, 6.45) is 0. The van der Waals surface area contributed by atoms with Crippen LogP contribution in [0.4, 0.5) is 17.1 Å². The largest absolute Gasteiger partial charge is 0.363 e. The summed E-state index contributed by atoms with van der Waals surface area (Å²) in [6.45, 7) is 5.01. The van der Waals surface area contributed by atoms with Crippen molar-refractivity contribution in [1.82, 2.24) is 4.90 Å². The van der Waals surface area contributed by atoms with Crippen molar-refractivity contribution in [3.05, 3.63) is 64.2 Å². The van der Waals surface area contributed by atoms with E-state index in [1.54, 1.807) is 12.1 Å². The van der Waals surface area contributed by atoms with E-state index >= 15 is 0 Å². The highest BCUT2D eigenvalue weighted by Gasteiger charge is 2.24. The van der Waals surface area contributed by atoms with Gasteiger partial charge in [-0.3, -0.25) is 19.8 Å². The predicted molar refractivity (Wildman–Crippen MR) is 102 cm³/mol. The van der Waals surface area contributed by atoms with Crippen LogP contribution >= 0.6 is 0 Å². The molecule has 0 spiro atoms. The number of hydrogen-bond acceptors (Lipinski definition) is 5. The van der Waals surface area contributed by atoms with E-state index in [1.165, 1.54) is 6.07 Å². The summed E-state index contributed by atoms with van der Waals surface area (Å²) in [5, 5.41) is 14.1. The molecule has 7 nitrogen and oxygen atoms in total. The van der Waals surface area contributed by atoms with Crippen LogP contribution < -0.4 is 10.2 Å². The van der Waals surface area contributed by atoms with E-state index < -0.39 is 0 Å². The van der Waals surface area contributed by atoms with Gasteiger partial charge in [-0.25, -0.2) is 0 Å². The summed E-state index contributed by atoms with van der Waals surface area (Å²) < 4.78 is 0. The lowest BCUT2D eigenvalue weighted by molar-refractivity contribution is -0.384. The van der Waals surface area contributed by atoms with Gasteiger partial charge in [-0.2, -0.15) is 0 Å². The second kappa shape index (κ2) is 7.97. The SMILES string of the molecule is Cc1ccc(NC(=O)CN2CCN(c3ccccc3[N+](=O)[O-])CC2)cc1. The Morgan fingerprint density at radius 2 is 1.73 bits per heavy atom. The fraction of sp³-hybridized carbons (Fsp3) is 0.316. The number of nitro groups is 1. The van der Waals surface area contributed by atoms with Crippen molar-refractivity contribution in [2.24, 2.45) is 0 Å². The number of hydrogen-bond donors (Lipinski definition) is 1. The zero-order chi connectivity index (χ0) is 18.5. The second-order valence-corrected chi connectivity index (χ2v) is 6.42. The predicted octanol–water partition coefficient (Wildman–Crippen LogP) is 2.66. The molecule has 1 amide bonds. The van der Waals surface area contributed by atoms with Gasteiger partial charge in [-0.1, -0.05) is 29.8 Å². The van der Waals surface area contributed by atoms with Gasteiger partial charge in [0.2, 0.25) is 5.91 Å². The highest BCUT2D eigenvalue weighted by molar-refractivity contribution is 5.92. The summed E-state index contributed by atoms with van der Waals surface area (Å²) in [6, 6.07) is 14.5. The standard InChI is InChI=1S/C19H22N4O3/c1-15-6-8-16(9-7-15)20-19(24)14-21-10-12-22(13-11-21)17-4-2-3-5-18(17)23(25)26/h2-9H,10-14H2,1H3,(H,20,24). The van der Waals surface area contributed by atoms with Gasteiger partial charge >= 0.3 is 0 Å². The van der Waals surface area contributed by atoms with Crippen LogP contribution in [0.5, 0.6) is 0 Å². The van der Waals surface area contributed by atoms with Crippen molar-refractivity contribution < 1.29 is 9.72 Å². The fourth-order valence-corrected chi connectivity index (χ4v) is 3.07. The Balaban J connectivity index is 1.53. The van der Waals surface area contributed by atoms with E-state index in [0.717, 1.165) is 11.3 Å². The van der Waals surface area contributed by atoms with Crippen LogP contribution in [-0.4, -0.2) is 48.5 Å². The number of amides is 1. The summed E-state index contributed by atoms with van der Waals surface area (Å²) in [7, 11) is 0. The summed E-state index contributed by atoms with van der Waals surface area (Å²) >= 11 is 0. The lowest BCUT2D eigenvalue weighted by Crippen LogP contribution is -2.48. The summed E-state index contributed by atoms with van der Waals surface area (Å²) in [5.74, 6) is -0.0482. The van der Waals surface area contributed by atoms with Gasteiger partial charge in [0.1, 0.15) is 5.69 Å². The minimum atomic E-state index is -0.350. The summed E-state index contributed by atoms with van der Waals surface area (Å²) in [5.41, 5.74) is 2.70. The summed E-state index contributed by atoms with van der Waals surface area (Å²) in [4.78, 5) is 27.1. The quantitative estimate of drug-likeness (QED) is 0.660. The van der Waals surface area contributed by atoms with Crippen molar-refractivity contribution >= 4 is 23.0 Å². The molecule has 1 aliphatic rings. The zero-order valence-electron chi connectivity index (χ0n) is 14.7. The van der Waals surface area contributed by atoms with Crippen LogP contribution in [0, 0.1) is 17.0 Å². The maximum Gasteiger partial charge on any atom is 0.292 e. The maximum atomic E-state index is 12.2. The van der Waals surface area contributed by atoms with Crippen LogP contribution in [0.2, 0.25) is 0 Å². The first-order valence-electron chi connectivity index (χ1n) is 8.60. The van der Waals surface area contributed by atoms with E-state index in [0.29, 0.717) is 38.4 Å². The monoisotopic (exact) mass is 354 g/mol. The third kappa shape index (κ3) is 4.37. The lowest BCUT2D eigenvalue weighted by Gasteiger charge is -2.35. The first kappa shape index (κ1) is 17.9. The molecule has 0 radical (unpaired) electrons. The normalized spacial score (nSPS) is 14.9. The van der Waals surface area contributed by atoms with Crippen molar-refractivity contribution in [3.63, 3.8) is 0 Å². The molecule has 1 heterocycles. The number of benzene rings is 2. The molecule has 2 aromatic carbocycles. The van der Waals surface area contributed by atoms with E-state index in [4.69, 9.17) is 0 Å². The molecule has 3 rings (SSSR count). The Hall–Kier alpha value is -2.93. The van der Waals surface area contributed by atoms with E-state index in [-0.39, 0.29) is 16.5 Å². The minimum Gasteiger partial charge on any atom is -0.363 e. The number of aryl methyl sites for hydroxylation is 1. The van der Waals surface area contributed by atoms with Gasteiger partial charge in [-0.05, 0) is 25.1 Å². The second-order valence-electron chi connectivity index (χ2n) is 6.42. The molecular formula is C19H22N4O3. The Morgan fingerprint density at radius 1 is 1.08 bits per heavy atom. The van der Waals surface area contributed by atoms with E-state index in [2.05, 4.69) is 10.2 Å². The van der Waals surface area contributed by atoms with Crippen LogP contribution in [0.25, 0.3) is 0 Å². The minimum absolute atomic E-state index is 0.0482. The van der Waals surface area contributed by atoms with Gasteiger partial charge in [0, 0.05) is 37.9 Å². The molecule has 0 bridgehead atoms. The van der Waals surface area contributed by atoms with Gasteiger partial charge in [0.15, 0.2) is 0 Å². The number of para-hydroxylation sites is 2. The number of carbonyl (C=O) groups excluding carboxylic acids is 1. The number of rotatable bonds is 5. The molecular weight excluding hydrogens is 332 g/mol. The molecule has 0 unspecified atom stereocenters. The molecule has 1 saturated heterocycles. The smallest absolute Gasteiger partial charge is 0.292 e. The van der Waals surface area contributed by atoms with Crippen LogP contribution in [0.1, 0.15) is 5.56 Å². The third-order valence-corrected chi connectivity index (χ3v) is 4.49. The average molecular weight is 354 g/mol. The number of nitrogens with zero attached hydrogens (tertiary/aromatic N) is 3. The Kier molecular flexibility index (Phi) is 5.48. The maximum absolute atomic E-state index is 12.2. The lowest BCUT2D eigenvalue weighted by atomic mass is 10.2. The average Bonchev–Trinajstić information content (AvgIpc) is 2.64. The first-order chi connectivity index (χ1) is 12.5. The topological polar surface area (TPSA) is 78.7 Å². The highest BCUT2D eigenvalue weighted by atomic mass is 16.6. The molecule has 0 aromatic heterocycles. The number of piperazine rings is 1. The van der Waals surface area contributed by atoms with Crippen molar-refractivity contribution in [3.8, 4) is 0 Å². The molecule has 1 N–H and O–H groups in total. The number of anilines is 2.